The summed E-state index contributed by atoms with van der Waals surface area (Å²) in [6.07, 6.45) is -9.05. The number of hydrogen-bond acceptors (Lipinski definition) is 14. The molecule has 3 aliphatic heterocycles. The smallest absolute Gasteiger partial charge is 0.414 e. The van der Waals surface area contributed by atoms with Gasteiger partial charge >= 0.3 is 18.0 Å². The van der Waals surface area contributed by atoms with Crippen molar-refractivity contribution in [2.24, 2.45) is 0 Å². The number of halogens is 2. The summed E-state index contributed by atoms with van der Waals surface area (Å²) < 4.78 is 54.7. The zero-order valence-corrected chi connectivity index (χ0v) is 31.3. The summed E-state index contributed by atoms with van der Waals surface area (Å²) in [7, 11) is 0. The number of piperidine rings is 1. The minimum absolute atomic E-state index is 0.00301. The van der Waals surface area contributed by atoms with Gasteiger partial charge in [-0.1, -0.05) is 0 Å². The van der Waals surface area contributed by atoms with Crippen molar-refractivity contribution in [3.63, 3.8) is 0 Å². The SMILES string of the molecule is CC(=O)NC[C@H]1CN(c2ccc(OCC3(OC(=O)[C@H]4O[C@@H](O)[C@H](O)[C@@H](O)[C@@H]4O)CCN(c4c(F)cn5c(=O)c(C(=O)O)cc(C6CC6)c5c4C)CC3)c(F)c2)C(=O)O1. The van der Waals surface area contributed by atoms with Crippen LogP contribution in [0.4, 0.5) is 25.0 Å². The van der Waals surface area contributed by atoms with Crippen molar-refractivity contribution in [3.05, 3.63) is 69.1 Å². The van der Waals surface area contributed by atoms with Crippen LogP contribution in [0.2, 0.25) is 0 Å². The molecule has 0 radical (unpaired) electrons. The number of esters is 1. The van der Waals surface area contributed by atoms with Crippen molar-refractivity contribution in [2.75, 3.05) is 42.6 Å². The zero-order valence-electron chi connectivity index (χ0n) is 31.3. The van der Waals surface area contributed by atoms with Crippen LogP contribution in [-0.2, 0) is 23.8 Å². The second-order valence-corrected chi connectivity index (χ2v) is 15.0. The van der Waals surface area contributed by atoms with Crippen molar-refractivity contribution >= 4 is 40.8 Å². The first-order valence-electron chi connectivity index (χ1n) is 18.6. The first-order chi connectivity index (χ1) is 27.5. The molecule has 20 heteroatoms. The number of hydrogen-bond donors (Lipinski definition) is 6. The number of carboxylic acid groups (broad SMARTS) is 1. The van der Waals surface area contributed by atoms with Crippen LogP contribution in [0.3, 0.4) is 0 Å². The Morgan fingerprint density at radius 3 is 2.34 bits per heavy atom. The van der Waals surface area contributed by atoms with Crippen LogP contribution in [0.15, 0.2) is 35.3 Å². The number of carbonyl (C=O) groups excluding carboxylic acids is 3. The molecule has 2 aromatic heterocycles. The largest absolute Gasteiger partial charge is 0.486 e. The Morgan fingerprint density at radius 1 is 1.00 bits per heavy atom. The molecule has 5 heterocycles. The summed E-state index contributed by atoms with van der Waals surface area (Å²) in [5.74, 6) is -5.03. The molecule has 0 unspecified atom stereocenters. The van der Waals surface area contributed by atoms with E-state index in [2.05, 4.69) is 5.32 Å². The van der Waals surface area contributed by atoms with Crippen LogP contribution in [0.1, 0.15) is 60.0 Å². The van der Waals surface area contributed by atoms with Gasteiger partial charge in [0.05, 0.1) is 36.2 Å². The number of nitrogens with one attached hydrogen (secondary N) is 1. The van der Waals surface area contributed by atoms with Crippen LogP contribution in [0.25, 0.3) is 5.52 Å². The van der Waals surface area contributed by atoms with E-state index in [4.69, 9.17) is 18.9 Å². The predicted octanol–water partition coefficient (Wildman–Crippen LogP) is 0.684. The van der Waals surface area contributed by atoms with Crippen LogP contribution >= 0.6 is 0 Å². The van der Waals surface area contributed by atoms with Crippen LogP contribution in [-0.4, -0.2) is 129 Å². The number of nitrogens with zero attached hydrogens (tertiary/aromatic N) is 3. The Labute approximate surface area is 328 Å². The minimum atomic E-state index is -2.05. The molecule has 7 rings (SSSR count). The second kappa shape index (κ2) is 15.7. The van der Waals surface area contributed by atoms with Gasteiger partial charge in [0.2, 0.25) is 5.91 Å². The lowest BCUT2D eigenvalue weighted by atomic mass is 9.90. The van der Waals surface area contributed by atoms with Crippen molar-refractivity contribution in [1.82, 2.24) is 9.72 Å². The minimum Gasteiger partial charge on any atom is -0.486 e. The Balaban J connectivity index is 1.14. The fraction of sp³-hybridized carbons (Fsp3) is 0.500. The number of amides is 2. The number of aliphatic hydroxyl groups excluding tert-OH is 4. The molecule has 6 N–H and O–H groups in total. The Bertz CT molecular complexity index is 2210. The number of carboxylic acids is 1. The summed E-state index contributed by atoms with van der Waals surface area (Å²) in [5.41, 5.74) is -1.36. The standard InChI is InChI=1S/C38H42F2N4O14/c1-17-27-22(19-3-4-19)12-23(34(50)51)33(49)44(27)15-25(40)28(17)42-9-7-38(8-10-42,58-36(53)32-30(47)29(46)31(48)35(52)57-32)16-55-26-6-5-20(11-24(26)39)43-14-21(56-37(43)54)13-41-18(2)45/h5-6,11-12,15,19,21,29-32,35,46-48,52H,3-4,7-10,13-14,16H2,1-2H3,(H,41,45)(H,50,51)/t21-,29-,30-,31+,32-,35+/m0/s1. The number of rotatable bonds is 11. The molecule has 1 aliphatic carbocycles. The molecule has 6 atom stereocenters. The van der Waals surface area contributed by atoms with Crippen LogP contribution in [0.5, 0.6) is 5.75 Å². The van der Waals surface area contributed by atoms with Crippen LogP contribution < -0.4 is 25.4 Å². The average Bonchev–Trinajstić information content (AvgIpc) is 3.96. The lowest BCUT2D eigenvalue weighted by Crippen LogP contribution is -2.61. The highest BCUT2D eigenvalue weighted by Gasteiger charge is 2.50. The maximum Gasteiger partial charge on any atom is 0.414 e. The quantitative estimate of drug-likeness (QED) is 0.146. The molecule has 3 saturated heterocycles. The van der Waals surface area contributed by atoms with E-state index in [0.29, 0.717) is 16.6 Å². The Hall–Kier alpha value is -5.41. The lowest BCUT2D eigenvalue weighted by Gasteiger charge is -2.44. The average molecular weight is 817 g/mol. The number of aromatic carboxylic acids is 1. The fourth-order valence-electron chi connectivity index (χ4n) is 7.71. The summed E-state index contributed by atoms with van der Waals surface area (Å²) in [6.45, 7) is 2.52. The van der Waals surface area contributed by atoms with Crippen molar-refractivity contribution in [2.45, 2.75) is 87.9 Å². The van der Waals surface area contributed by atoms with Crippen molar-refractivity contribution in [1.29, 1.82) is 0 Å². The first-order valence-corrected chi connectivity index (χ1v) is 18.6. The summed E-state index contributed by atoms with van der Waals surface area (Å²) in [4.78, 5) is 65.2. The molecule has 312 valence electrons. The number of ether oxygens (including phenoxy) is 4. The van der Waals surface area contributed by atoms with Gasteiger partial charge in [-0.25, -0.2) is 23.2 Å². The molecular weight excluding hydrogens is 774 g/mol. The second-order valence-electron chi connectivity index (χ2n) is 15.0. The van der Waals surface area contributed by atoms with Crippen LogP contribution in [0, 0.1) is 18.6 Å². The fourth-order valence-corrected chi connectivity index (χ4v) is 7.71. The molecule has 1 saturated carbocycles. The number of aryl methyl sites for hydroxylation is 1. The number of carbonyl (C=O) groups is 4. The van der Waals surface area contributed by atoms with E-state index in [9.17, 15) is 49.5 Å². The van der Waals surface area contributed by atoms with E-state index in [0.717, 1.165) is 29.5 Å². The van der Waals surface area contributed by atoms with Gasteiger partial charge in [-0.05, 0) is 55.0 Å². The Morgan fingerprint density at radius 2 is 1.71 bits per heavy atom. The van der Waals surface area contributed by atoms with Gasteiger partial charge in [-0.15, -0.1) is 0 Å². The highest BCUT2D eigenvalue weighted by Crippen LogP contribution is 2.44. The number of aromatic nitrogens is 1. The van der Waals surface area contributed by atoms with Gasteiger partial charge in [0, 0.05) is 38.9 Å². The van der Waals surface area contributed by atoms with Gasteiger partial charge in [0.25, 0.3) is 5.56 Å². The normalized spacial score (nSPS) is 25.7. The number of benzene rings is 1. The molecule has 4 aliphatic rings. The van der Waals surface area contributed by atoms with Gasteiger partial charge < -0.3 is 54.7 Å². The van der Waals surface area contributed by atoms with Gasteiger partial charge in [0.1, 0.15) is 42.2 Å². The summed E-state index contributed by atoms with van der Waals surface area (Å²) in [5, 5.41) is 53.0. The number of cyclic esters (lactones) is 1. The maximum atomic E-state index is 16.0. The lowest BCUT2D eigenvalue weighted by molar-refractivity contribution is -0.284. The number of fused-ring (bicyclic) bond motifs is 1. The highest BCUT2D eigenvalue weighted by molar-refractivity contribution is 5.90. The molecule has 0 bridgehead atoms. The highest BCUT2D eigenvalue weighted by atomic mass is 19.1. The van der Waals surface area contributed by atoms with E-state index in [1.165, 1.54) is 30.0 Å². The third-order valence-corrected chi connectivity index (χ3v) is 11.0. The molecule has 58 heavy (non-hydrogen) atoms. The number of anilines is 2. The van der Waals surface area contributed by atoms with E-state index in [-0.39, 0.29) is 68.0 Å². The zero-order chi connectivity index (χ0) is 41.8. The van der Waals surface area contributed by atoms with Crippen molar-refractivity contribution < 1.29 is 72.4 Å². The van der Waals surface area contributed by atoms with Gasteiger partial charge in [-0.3, -0.25) is 18.9 Å². The summed E-state index contributed by atoms with van der Waals surface area (Å²) in [6, 6.07) is 5.01. The van der Waals surface area contributed by atoms with E-state index in [1.54, 1.807) is 11.8 Å². The number of aliphatic hydroxyl groups is 4. The predicted molar refractivity (Wildman–Crippen MR) is 195 cm³/mol. The van der Waals surface area contributed by atoms with E-state index >= 15 is 8.78 Å². The third kappa shape index (κ3) is 7.76. The number of pyridine rings is 2. The van der Waals surface area contributed by atoms with Crippen molar-refractivity contribution in [3.8, 4) is 5.75 Å². The topological polar surface area (TPSA) is 246 Å². The van der Waals surface area contributed by atoms with Gasteiger partial charge in [0.15, 0.2) is 29.8 Å². The Kier molecular flexibility index (Phi) is 11.1. The molecule has 4 fully saturated rings. The summed E-state index contributed by atoms with van der Waals surface area (Å²) >= 11 is 0. The third-order valence-electron chi connectivity index (χ3n) is 11.0. The molecule has 3 aromatic rings. The van der Waals surface area contributed by atoms with E-state index in [1.807, 2.05) is 0 Å². The molecule has 2 amide bonds. The maximum absolute atomic E-state index is 16.0. The first kappa shape index (κ1) is 40.8. The monoisotopic (exact) mass is 816 g/mol. The molecule has 18 nitrogen and oxygen atoms in total. The molecule has 1 aromatic carbocycles. The van der Waals surface area contributed by atoms with Gasteiger partial charge in [-0.2, -0.15) is 0 Å². The molecule has 0 spiro atoms. The molecular formula is C38H42F2N4O14. The van der Waals surface area contributed by atoms with E-state index < -0.39 is 89.8 Å².